The number of fused-ring (bicyclic) bond motifs is 5. The first-order valence-corrected chi connectivity index (χ1v) is 15.0. The second kappa shape index (κ2) is 10.5. The number of phenolic OH excluding ortho intramolecular Hbond substituents is 3. The molecule has 0 saturated carbocycles. The van der Waals surface area contributed by atoms with Crippen LogP contribution in [0.25, 0.3) is 10.8 Å². The number of amides is 2. The van der Waals surface area contributed by atoms with Crippen molar-refractivity contribution in [2.24, 2.45) is 10.8 Å². The van der Waals surface area contributed by atoms with Crippen LogP contribution in [-0.4, -0.2) is 62.8 Å². The monoisotopic (exact) mass is 712 g/mol. The second-order valence-electron chi connectivity index (χ2n) is 11.3. The van der Waals surface area contributed by atoms with Crippen LogP contribution in [0.1, 0.15) is 64.7 Å². The maximum absolute atomic E-state index is 14.2. The third kappa shape index (κ3) is 3.87. The van der Waals surface area contributed by atoms with Crippen LogP contribution in [0.3, 0.4) is 0 Å². The molecule has 6 N–H and O–H groups in total. The molecule has 0 bridgehead atoms. The molecule has 0 aliphatic heterocycles. The zero-order chi connectivity index (χ0) is 34.4. The third-order valence-corrected chi connectivity index (χ3v) is 9.79. The number of nitrogens with two attached hydrogens (primary N) is 1. The fourth-order valence-electron chi connectivity index (χ4n) is 6.81. The summed E-state index contributed by atoms with van der Waals surface area (Å²) in [5.74, 6) is -7.05. The van der Waals surface area contributed by atoms with Crippen LogP contribution >= 0.6 is 15.9 Å². The van der Waals surface area contributed by atoms with Gasteiger partial charge in [0.1, 0.15) is 22.7 Å². The van der Waals surface area contributed by atoms with Gasteiger partial charge in [-0.25, -0.2) is 4.79 Å². The fourth-order valence-corrected chi connectivity index (χ4v) is 7.52. The lowest BCUT2D eigenvalue weighted by Gasteiger charge is -2.23. The molecule has 0 unspecified atom stereocenters. The third-order valence-electron chi connectivity index (χ3n) is 8.89. The molecule has 3 aliphatic carbocycles. The van der Waals surface area contributed by atoms with Gasteiger partial charge in [0.05, 0.1) is 52.3 Å². The van der Waals surface area contributed by atoms with Gasteiger partial charge < -0.3 is 30.8 Å². The van der Waals surface area contributed by atoms with E-state index in [1.165, 1.54) is 12.3 Å². The van der Waals surface area contributed by atoms with Gasteiger partial charge in [-0.1, -0.05) is 18.2 Å². The number of H-pyrrole nitrogens is 1. The van der Waals surface area contributed by atoms with Crippen molar-refractivity contribution in [3.8, 4) is 17.2 Å². The number of halogens is 1. The Morgan fingerprint density at radius 3 is 2.27 bits per heavy atom. The highest BCUT2D eigenvalue weighted by Gasteiger charge is 2.62. The number of nitrogens with zero attached hydrogens (tertiary/aromatic N) is 2. The number of methoxy groups -OCH3 is 1. The number of carbonyl (C=O) groups is 5. The number of para-hydroxylation sites is 1. The Bertz CT molecular complexity index is 2360. The van der Waals surface area contributed by atoms with Crippen molar-refractivity contribution in [1.29, 1.82) is 0 Å². The number of ketones is 4. The zero-order valence-corrected chi connectivity index (χ0v) is 26.2. The lowest BCUT2D eigenvalue weighted by atomic mass is 9.76. The molecule has 15 heteroatoms. The van der Waals surface area contributed by atoms with Gasteiger partial charge in [0.15, 0.2) is 23.1 Å². The van der Waals surface area contributed by atoms with Crippen LogP contribution in [0, 0.1) is 0 Å². The number of anilines is 1. The zero-order valence-electron chi connectivity index (χ0n) is 24.6. The fraction of sp³-hybridized carbons (Fsp3) is 0.121. The number of phenols is 3. The topological polar surface area (TPSA) is 230 Å². The lowest BCUT2D eigenvalue weighted by Crippen LogP contribution is -2.36. The van der Waals surface area contributed by atoms with E-state index in [1.807, 2.05) is 0 Å². The molecule has 1 aromatic heterocycles. The molecular weight excluding hydrogens is 692 g/mol. The Hall–Kier alpha value is -6.09. The molecular formula is C33H21BrN4O10. The Labute approximate surface area is 276 Å². The van der Waals surface area contributed by atoms with E-state index in [1.54, 1.807) is 30.3 Å². The average Bonchev–Trinajstić information content (AvgIpc) is 3.57. The molecule has 0 saturated heterocycles. The summed E-state index contributed by atoms with van der Waals surface area (Å²) in [5.41, 5.74) is 0.287. The number of allylic oxidation sites excluding steroid dienone is 2. The van der Waals surface area contributed by atoms with E-state index < -0.39 is 85.4 Å². The Morgan fingerprint density at radius 1 is 1.00 bits per heavy atom. The number of primary amides is 1. The quantitative estimate of drug-likeness (QED) is 0.0895. The number of pyridine rings is 1. The van der Waals surface area contributed by atoms with E-state index in [-0.39, 0.29) is 39.3 Å². The van der Waals surface area contributed by atoms with Crippen molar-refractivity contribution in [3.63, 3.8) is 0 Å². The highest BCUT2D eigenvalue weighted by atomic mass is 79.9. The molecule has 1 atom stereocenters. The van der Waals surface area contributed by atoms with E-state index in [0.29, 0.717) is 11.3 Å². The minimum absolute atomic E-state index is 0.0268. The largest absolute Gasteiger partial charge is 0.507 e. The number of aromatic nitrogens is 1. The molecule has 1 heterocycles. The van der Waals surface area contributed by atoms with E-state index in [0.717, 1.165) is 18.2 Å². The number of carbonyl (C=O) groups excluding carboxylic acids is 5. The summed E-state index contributed by atoms with van der Waals surface area (Å²) in [6, 6.07) is 8.85. The number of hydrogen-bond acceptors (Lipinski definition) is 11. The molecule has 4 aromatic rings. The minimum atomic E-state index is -2.20. The van der Waals surface area contributed by atoms with Crippen LogP contribution in [0.2, 0.25) is 0 Å². The van der Waals surface area contributed by atoms with E-state index in [4.69, 9.17) is 10.5 Å². The van der Waals surface area contributed by atoms with Crippen LogP contribution in [-0.2, 0) is 16.6 Å². The van der Waals surface area contributed by atoms with E-state index >= 15 is 0 Å². The number of hydrogen-bond donors (Lipinski definition) is 5. The summed E-state index contributed by atoms with van der Waals surface area (Å²) in [6.07, 6.45) is 1.77. The first kappa shape index (κ1) is 30.6. The lowest BCUT2D eigenvalue weighted by molar-refractivity contribution is 0.0790. The van der Waals surface area contributed by atoms with E-state index in [2.05, 4.69) is 26.0 Å². The molecule has 7 rings (SSSR count). The van der Waals surface area contributed by atoms with Gasteiger partial charge in [-0.05, 0) is 52.5 Å². The van der Waals surface area contributed by atoms with Crippen LogP contribution in [0.15, 0.2) is 62.6 Å². The summed E-state index contributed by atoms with van der Waals surface area (Å²) in [6.45, 7) is 0. The predicted molar refractivity (Wildman–Crippen MR) is 172 cm³/mol. The van der Waals surface area contributed by atoms with Crippen LogP contribution in [0.5, 0.6) is 17.2 Å². The first-order valence-electron chi connectivity index (χ1n) is 14.2. The molecule has 3 aromatic carbocycles. The number of ether oxygens (including phenoxy) is 1. The average molecular weight is 713 g/mol. The van der Waals surface area contributed by atoms with Gasteiger partial charge in [0, 0.05) is 21.5 Å². The molecule has 2 amide bonds. The Kier molecular flexibility index (Phi) is 6.66. The highest BCUT2D eigenvalue weighted by Crippen LogP contribution is 2.58. The molecule has 0 fully saturated rings. The molecule has 0 radical (unpaired) electrons. The van der Waals surface area contributed by atoms with Crippen molar-refractivity contribution in [2.75, 3.05) is 12.1 Å². The second-order valence-corrected chi connectivity index (χ2v) is 12.0. The van der Waals surface area contributed by atoms with Crippen molar-refractivity contribution in [3.05, 3.63) is 102 Å². The molecule has 240 valence electrons. The number of urea groups is 1. The highest BCUT2D eigenvalue weighted by molar-refractivity contribution is 9.10. The first-order chi connectivity index (χ1) is 22.8. The Morgan fingerprint density at radius 2 is 1.65 bits per heavy atom. The van der Waals surface area contributed by atoms with Crippen molar-refractivity contribution < 1.29 is 44.0 Å². The smallest absolute Gasteiger partial charge is 0.340 e. The van der Waals surface area contributed by atoms with Gasteiger partial charge in [0.25, 0.3) is 5.56 Å². The van der Waals surface area contributed by atoms with Gasteiger partial charge >= 0.3 is 6.03 Å². The number of aromatic hydroxyl groups is 3. The summed E-state index contributed by atoms with van der Waals surface area (Å²) >= 11 is 3.47. The van der Waals surface area contributed by atoms with E-state index in [9.17, 15) is 44.1 Å². The summed E-state index contributed by atoms with van der Waals surface area (Å²) in [4.78, 5) is 82.4. The van der Waals surface area contributed by atoms with Crippen LogP contribution in [0.4, 0.5) is 10.5 Å². The number of aromatic amines is 1. The van der Waals surface area contributed by atoms with Gasteiger partial charge in [-0.3, -0.25) is 24.0 Å². The van der Waals surface area contributed by atoms with Gasteiger partial charge in [-0.15, -0.1) is 0 Å². The van der Waals surface area contributed by atoms with Crippen LogP contribution < -0.4 is 16.3 Å². The summed E-state index contributed by atoms with van der Waals surface area (Å²) in [5, 5.41) is 38.9. The molecule has 14 nitrogen and oxygen atoms in total. The number of benzene rings is 3. The van der Waals surface area contributed by atoms with Gasteiger partial charge in [-0.2, -0.15) is 10.1 Å². The Balaban J connectivity index is 1.39. The summed E-state index contributed by atoms with van der Waals surface area (Å²) in [7, 11) is 1.12. The standard InChI is InChI=1S/C33H21BrN4O10/c1-48-17-10-16(39)19-20(25(17)40)27(42)22-21(26(19)41)29(44)33(30(22)45)8-7-14-23(33)28(43)18-15(24(14)34)9-12(37-31(18)46)11-36-38(32(35)47)13-5-3-2-4-6-13/h2-6,9-11,41-43H,7-8H2,1H3,(H2,35,47)(H,37,46)/t33-/m0/s1. The van der Waals surface area contributed by atoms with Crippen molar-refractivity contribution >= 4 is 67.8 Å². The summed E-state index contributed by atoms with van der Waals surface area (Å²) < 4.78 is 5.19. The normalized spacial score (nSPS) is 18.0. The number of nitrogens with one attached hydrogen (secondary N) is 1. The number of rotatable bonds is 4. The minimum Gasteiger partial charge on any atom is -0.507 e. The maximum Gasteiger partial charge on any atom is 0.340 e. The molecule has 48 heavy (non-hydrogen) atoms. The van der Waals surface area contributed by atoms with Gasteiger partial charge in [0.2, 0.25) is 5.78 Å². The van der Waals surface area contributed by atoms with Crippen molar-refractivity contribution in [1.82, 2.24) is 4.98 Å². The predicted octanol–water partition coefficient (Wildman–Crippen LogP) is 3.50. The maximum atomic E-state index is 14.2. The van der Waals surface area contributed by atoms with Crippen molar-refractivity contribution in [2.45, 2.75) is 18.3 Å². The molecule has 3 aliphatic rings. The SMILES string of the molecule is COC1=CC(=O)c2c(O)c3c(c(O)c2C1=O)C(=O)[C@]1(CCc2c1c(O)c1c(=O)[nH]c(C=NN(C(N)=O)c4ccccc4)cc1c2Br)C3=O. The number of Topliss-reactive ketones (excluding diaryl/α,β-unsaturated/α-hetero) is 3. The number of hydrazone groups is 1. The molecule has 1 spiro atoms.